The molecule has 3 aliphatic rings. The lowest BCUT2D eigenvalue weighted by molar-refractivity contribution is -0.127. The van der Waals surface area contributed by atoms with Crippen molar-refractivity contribution in [1.29, 1.82) is 0 Å². The number of halogens is 4. The summed E-state index contributed by atoms with van der Waals surface area (Å²) in [6, 6.07) is 0.523. The van der Waals surface area contributed by atoms with Crippen LogP contribution in [0.15, 0.2) is 12.1 Å². The average molecular weight is 445 g/mol. The Bertz CT molecular complexity index is 860. The van der Waals surface area contributed by atoms with Crippen molar-refractivity contribution >= 4 is 23.9 Å². The molecule has 2 bridgehead atoms. The minimum Gasteiger partial charge on any atom is -0.391 e. The van der Waals surface area contributed by atoms with Gasteiger partial charge in [-0.05, 0) is 62.5 Å². The SMILES string of the molecule is O=CNC1C[C@@H](C(=O)NC(c2c(F)ccc(Cl)c2F)C23CCC(F)(CC2)C3)CC1O. The first-order valence-electron chi connectivity index (χ1n) is 10.2. The maximum Gasteiger partial charge on any atom is 0.223 e. The van der Waals surface area contributed by atoms with E-state index in [1.54, 1.807) is 0 Å². The van der Waals surface area contributed by atoms with Crippen LogP contribution in [0.1, 0.15) is 56.6 Å². The van der Waals surface area contributed by atoms with Gasteiger partial charge >= 0.3 is 0 Å². The van der Waals surface area contributed by atoms with E-state index in [0.29, 0.717) is 19.3 Å². The van der Waals surface area contributed by atoms with Gasteiger partial charge in [-0.1, -0.05) is 11.6 Å². The van der Waals surface area contributed by atoms with E-state index in [1.807, 2.05) is 0 Å². The highest BCUT2D eigenvalue weighted by molar-refractivity contribution is 6.30. The number of hydrogen-bond donors (Lipinski definition) is 3. The topological polar surface area (TPSA) is 78.4 Å². The zero-order valence-corrected chi connectivity index (χ0v) is 17.0. The number of carbonyl (C=O) groups excluding carboxylic acids is 2. The predicted molar refractivity (Wildman–Crippen MR) is 103 cm³/mol. The summed E-state index contributed by atoms with van der Waals surface area (Å²) in [5, 5.41) is 15.1. The third-order valence-electron chi connectivity index (χ3n) is 7.26. The van der Waals surface area contributed by atoms with Crippen molar-refractivity contribution < 1.29 is 27.9 Å². The lowest BCUT2D eigenvalue weighted by Gasteiger charge is -2.37. The molecule has 0 spiro atoms. The van der Waals surface area contributed by atoms with Crippen molar-refractivity contribution in [2.75, 3.05) is 0 Å². The largest absolute Gasteiger partial charge is 0.391 e. The van der Waals surface area contributed by atoms with Crippen LogP contribution in [0.2, 0.25) is 5.02 Å². The lowest BCUT2D eigenvalue weighted by Crippen LogP contribution is -2.42. The summed E-state index contributed by atoms with van der Waals surface area (Å²) in [6.45, 7) is 0. The number of hydrogen-bond acceptors (Lipinski definition) is 3. The number of aliphatic hydroxyl groups is 1. The Hall–Kier alpha value is -1.80. The van der Waals surface area contributed by atoms with Crippen LogP contribution < -0.4 is 10.6 Å². The van der Waals surface area contributed by atoms with Crippen molar-refractivity contribution in [3.63, 3.8) is 0 Å². The highest BCUT2D eigenvalue weighted by Crippen LogP contribution is 2.63. The van der Waals surface area contributed by atoms with E-state index in [4.69, 9.17) is 11.6 Å². The van der Waals surface area contributed by atoms with Gasteiger partial charge in [0.25, 0.3) is 0 Å². The van der Waals surface area contributed by atoms with Crippen molar-refractivity contribution in [2.45, 2.75) is 68.8 Å². The molecule has 0 heterocycles. The molecule has 1 aromatic carbocycles. The molecule has 0 aliphatic heterocycles. The maximum atomic E-state index is 14.9. The summed E-state index contributed by atoms with van der Waals surface area (Å²) < 4.78 is 44.6. The van der Waals surface area contributed by atoms with Gasteiger partial charge in [-0.25, -0.2) is 13.2 Å². The second-order valence-electron chi connectivity index (χ2n) is 9.02. The number of rotatable bonds is 6. The Morgan fingerprint density at radius 3 is 2.53 bits per heavy atom. The molecule has 4 atom stereocenters. The normalized spacial score (nSPS) is 36.0. The Balaban J connectivity index is 1.65. The molecule has 0 radical (unpaired) electrons. The molecule has 3 saturated carbocycles. The van der Waals surface area contributed by atoms with E-state index in [-0.39, 0.29) is 42.7 Å². The van der Waals surface area contributed by atoms with Crippen molar-refractivity contribution in [1.82, 2.24) is 10.6 Å². The first-order chi connectivity index (χ1) is 14.2. The van der Waals surface area contributed by atoms with Crippen LogP contribution in [0, 0.1) is 23.0 Å². The first kappa shape index (κ1) is 21.4. The molecule has 3 fully saturated rings. The highest BCUT2D eigenvalue weighted by Gasteiger charge is 2.59. The smallest absolute Gasteiger partial charge is 0.223 e. The summed E-state index contributed by atoms with van der Waals surface area (Å²) in [5.41, 5.74) is -2.52. The molecule has 5 nitrogen and oxygen atoms in total. The molecular formula is C21H24ClF3N2O3. The van der Waals surface area contributed by atoms with Crippen LogP contribution in [-0.4, -0.2) is 35.2 Å². The number of carbonyl (C=O) groups is 2. The maximum absolute atomic E-state index is 14.9. The zero-order valence-electron chi connectivity index (χ0n) is 16.3. The van der Waals surface area contributed by atoms with Gasteiger partial charge in [-0.2, -0.15) is 0 Å². The first-order valence-corrected chi connectivity index (χ1v) is 10.6. The van der Waals surface area contributed by atoms with E-state index in [1.165, 1.54) is 0 Å². The third-order valence-corrected chi connectivity index (χ3v) is 7.55. The van der Waals surface area contributed by atoms with E-state index in [9.17, 15) is 27.9 Å². The van der Waals surface area contributed by atoms with Gasteiger partial charge in [-0.3, -0.25) is 9.59 Å². The molecule has 1 aromatic rings. The van der Waals surface area contributed by atoms with Gasteiger partial charge in [0.15, 0.2) is 0 Å². The Kier molecular flexibility index (Phi) is 5.51. The van der Waals surface area contributed by atoms with Gasteiger partial charge in [0, 0.05) is 11.5 Å². The molecule has 9 heteroatoms. The number of fused-ring (bicyclic) bond motifs is 2. The van der Waals surface area contributed by atoms with Gasteiger partial charge < -0.3 is 15.7 Å². The van der Waals surface area contributed by atoms with Gasteiger partial charge in [0.2, 0.25) is 12.3 Å². The van der Waals surface area contributed by atoms with Crippen molar-refractivity contribution in [2.24, 2.45) is 11.3 Å². The van der Waals surface area contributed by atoms with E-state index >= 15 is 0 Å². The molecular weight excluding hydrogens is 421 g/mol. The highest BCUT2D eigenvalue weighted by atomic mass is 35.5. The molecule has 0 aromatic heterocycles. The number of amides is 2. The number of alkyl halides is 1. The molecule has 30 heavy (non-hydrogen) atoms. The molecule has 0 saturated heterocycles. The monoisotopic (exact) mass is 444 g/mol. The average Bonchev–Trinajstić information content (AvgIpc) is 3.36. The second-order valence-corrected chi connectivity index (χ2v) is 9.42. The van der Waals surface area contributed by atoms with Crippen molar-refractivity contribution in [3.8, 4) is 0 Å². The summed E-state index contributed by atoms with van der Waals surface area (Å²) in [6.07, 6.45) is 1.41. The summed E-state index contributed by atoms with van der Waals surface area (Å²) in [4.78, 5) is 23.7. The van der Waals surface area contributed by atoms with Gasteiger partial charge in [0.05, 0.1) is 23.2 Å². The number of aliphatic hydroxyl groups excluding tert-OH is 1. The van der Waals surface area contributed by atoms with Gasteiger partial charge in [0.1, 0.15) is 17.3 Å². The molecule has 3 N–H and O–H groups in total. The summed E-state index contributed by atoms with van der Waals surface area (Å²) in [7, 11) is 0. The quantitative estimate of drug-likeness (QED) is 0.465. The van der Waals surface area contributed by atoms with E-state index < -0.39 is 52.7 Å². The standard InChI is InChI=1S/C21H24ClF3N2O3/c22-12-1-2-13(23)16(17(12)24)18(20-3-5-21(25,9-20)6-4-20)27-19(30)11-7-14(26-10-28)15(29)8-11/h1-2,10-11,14-15,18,29H,3-9H2,(H,26,28)(H,27,30)/t11-,14?,15?,18?,20?,21?/m1/s1. The van der Waals surface area contributed by atoms with E-state index in [0.717, 1.165) is 12.1 Å². The van der Waals surface area contributed by atoms with Crippen LogP contribution in [0.3, 0.4) is 0 Å². The Morgan fingerprint density at radius 2 is 1.93 bits per heavy atom. The molecule has 3 unspecified atom stereocenters. The Labute approximate surface area is 177 Å². The molecule has 2 amide bonds. The fourth-order valence-electron chi connectivity index (χ4n) is 5.67. The minimum atomic E-state index is -1.38. The molecule has 3 aliphatic carbocycles. The summed E-state index contributed by atoms with van der Waals surface area (Å²) in [5.74, 6) is -2.91. The minimum absolute atomic E-state index is 0.116. The van der Waals surface area contributed by atoms with Crippen LogP contribution in [-0.2, 0) is 9.59 Å². The van der Waals surface area contributed by atoms with Gasteiger partial charge in [-0.15, -0.1) is 0 Å². The number of nitrogens with one attached hydrogen (secondary N) is 2. The Morgan fingerprint density at radius 1 is 1.23 bits per heavy atom. The molecule has 4 rings (SSSR count). The van der Waals surface area contributed by atoms with Crippen LogP contribution in [0.5, 0.6) is 0 Å². The fourth-order valence-corrected chi connectivity index (χ4v) is 5.83. The second kappa shape index (κ2) is 7.71. The summed E-state index contributed by atoms with van der Waals surface area (Å²) >= 11 is 5.90. The van der Waals surface area contributed by atoms with E-state index in [2.05, 4.69) is 10.6 Å². The third kappa shape index (κ3) is 3.58. The number of benzene rings is 1. The lowest BCUT2D eigenvalue weighted by atomic mass is 9.74. The zero-order chi connectivity index (χ0) is 21.7. The molecule has 164 valence electrons. The van der Waals surface area contributed by atoms with Crippen molar-refractivity contribution in [3.05, 3.63) is 34.4 Å². The predicted octanol–water partition coefficient (Wildman–Crippen LogP) is 3.33. The van der Waals surface area contributed by atoms with Crippen LogP contribution >= 0.6 is 11.6 Å². The van der Waals surface area contributed by atoms with Crippen LogP contribution in [0.25, 0.3) is 0 Å². The van der Waals surface area contributed by atoms with Crippen LogP contribution in [0.4, 0.5) is 13.2 Å². The fraction of sp³-hybridized carbons (Fsp3) is 0.619.